The Morgan fingerprint density at radius 2 is 2.21 bits per heavy atom. The highest BCUT2D eigenvalue weighted by molar-refractivity contribution is 5.81. The molecule has 0 saturated carbocycles. The molecule has 0 N–H and O–H groups in total. The summed E-state index contributed by atoms with van der Waals surface area (Å²) in [5.74, 6) is 0.212. The summed E-state index contributed by atoms with van der Waals surface area (Å²) in [4.78, 5) is 0. The monoisotopic (exact) mass is 192 g/mol. The van der Waals surface area contributed by atoms with Gasteiger partial charge in [0.2, 0.25) is 0 Å². The number of fused-ring (bicyclic) bond motifs is 1. The topological polar surface area (TPSA) is 13.1 Å². The summed E-state index contributed by atoms with van der Waals surface area (Å²) in [6.45, 7) is 4.28. The summed E-state index contributed by atoms with van der Waals surface area (Å²) in [5.41, 5.74) is 1.81. The largest absolute Gasteiger partial charge is 0.464 e. The molecule has 2 rings (SSSR count). The highest BCUT2D eigenvalue weighted by Gasteiger charge is 2.11. The van der Waals surface area contributed by atoms with E-state index in [1.807, 2.05) is 0 Å². The summed E-state index contributed by atoms with van der Waals surface area (Å²) in [6, 6.07) is 4.70. The van der Waals surface area contributed by atoms with Crippen LogP contribution in [0.2, 0.25) is 0 Å². The average Bonchev–Trinajstić information content (AvgIpc) is 2.59. The molecule has 0 fully saturated rings. The van der Waals surface area contributed by atoms with Gasteiger partial charge in [-0.25, -0.2) is 4.39 Å². The molecule has 1 atom stereocenters. The van der Waals surface area contributed by atoms with Crippen molar-refractivity contribution in [1.82, 2.24) is 0 Å². The van der Waals surface area contributed by atoms with E-state index in [0.717, 1.165) is 11.8 Å². The molecule has 0 saturated heterocycles. The predicted octanol–water partition coefficient (Wildman–Crippen LogP) is 4.09. The highest BCUT2D eigenvalue weighted by atomic mass is 19.1. The molecule has 14 heavy (non-hydrogen) atoms. The molecule has 2 heteroatoms. The molecule has 1 unspecified atom stereocenters. The van der Waals surface area contributed by atoms with Crippen molar-refractivity contribution in [2.24, 2.45) is 0 Å². The molecule has 74 valence electrons. The van der Waals surface area contributed by atoms with Crippen LogP contribution in [0.15, 0.2) is 28.9 Å². The number of hydrogen-bond acceptors (Lipinski definition) is 1. The van der Waals surface area contributed by atoms with E-state index in [2.05, 4.69) is 13.8 Å². The number of rotatable bonds is 2. The Morgan fingerprint density at radius 3 is 2.93 bits per heavy atom. The van der Waals surface area contributed by atoms with Crippen LogP contribution in [0.4, 0.5) is 4.39 Å². The van der Waals surface area contributed by atoms with Crippen LogP contribution in [0.3, 0.4) is 0 Å². The van der Waals surface area contributed by atoms with Gasteiger partial charge in [0.1, 0.15) is 11.4 Å². The minimum absolute atomic E-state index is 0.248. The fourth-order valence-corrected chi connectivity index (χ4v) is 1.62. The second kappa shape index (κ2) is 3.45. The average molecular weight is 192 g/mol. The number of halogens is 1. The fourth-order valence-electron chi connectivity index (χ4n) is 1.62. The number of benzene rings is 1. The lowest BCUT2D eigenvalue weighted by Gasteiger charge is -2.04. The Hall–Kier alpha value is -1.31. The molecule has 0 aliphatic carbocycles. The molecule has 1 aromatic carbocycles. The lowest BCUT2D eigenvalue weighted by atomic mass is 9.98. The zero-order valence-electron chi connectivity index (χ0n) is 8.38. The third-order valence-electron chi connectivity index (χ3n) is 2.71. The van der Waals surface area contributed by atoms with Crippen LogP contribution in [0.1, 0.15) is 31.7 Å². The van der Waals surface area contributed by atoms with Gasteiger partial charge in [0.25, 0.3) is 0 Å². The van der Waals surface area contributed by atoms with Crippen molar-refractivity contribution >= 4 is 11.0 Å². The molecular weight excluding hydrogens is 179 g/mol. The van der Waals surface area contributed by atoms with Gasteiger partial charge in [-0.3, -0.25) is 0 Å². The zero-order chi connectivity index (χ0) is 10.1. The van der Waals surface area contributed by atoms with E-state index in [4.69, 9.17) is 4.42 Å². The van der Waals surface area contributed by atoms with E-state index in [9.17, 15) is 4.39 Å². The highest BCUT2D eigenvalue weighted by Crippen LogP contribution is 2.29. The van der Waals surface area contributed by atoms with Gasteiger partial charge in [0.15, 0.2) is 0 Å². The van der Waals surface area contributed by atoms with Gasteiger partial charge in [0, 0.05) is 17.0 Å². The molecule has 0 amide bonds. The van der Waals surface area contributed by atoms with E-state index < -0.39 is 0 Å². The maximum absolute atomic E-state index is 12.9. The fraction of sp³-hybridized carbons (Fsp3) is 0.333. The molecule has 0 aliphatic rings. The van der Waals surface area contributed by atoms with Gasteiger partial charge in [-0.1, -0.05) is 13.8 Å². The van der Waals surface area contributed by atoms with Gasteiger partial charge >= 0.3 is 0 Å². The smallest absolute Gasteiger partial charge is 0.137 e. The first kappa shape index (κ1) is 9.25. The maximum atomic E-state index is 12.9. The van der Waals surface area contributed by atoms with Crippen LogP contribution in [0.5, 0.6) is 0 Å². The van der Waals surface area contributed by atoms with Crippen molar-refractivity contribution in [3.8, 4) is 0 Å². The lowest BCUT2D eigenvalue weighted by Crippen LogP contribution is -1.88. The van der Waals surface area contributed by atoms with Crippen molar-refractivity contribution in [3.63, 3.8) is 0 Å². The van der Waals surface area contributed by atoms with E-state index in [-0.39, 0.29) is 5.82 Å². The second-order valence-corrected chi connectivity index (χ2v) is 3.64. The Morgan fingerprint density at radius 1 is 1.43 bits per heavy atom. The summed E-state index contributed by atoms with van der Waals surface area (Å²) in [5, 5.41) is 1.03. The van der Waals surface area contributed by atoms with Gasteiger partial charge in [-0.05, 0) is 24.5 Å². The van der Waals surface area contributed by atoms with Crippen molar-refractivity contribution in [2.45, 2.75) is 26.2 Å². The van der Waals surface area contributed by atoms with E-state index in [1.54, 1.807) is 12.3 Å². The van der Waals surface area contributed by atoms with Crippen LogP contribution in [0.25, 0.3) is 11.0 Å². The first-order chi connectivity index (χ1) is 6.72. The number of hydrogen-bond donors (Lipinski definition) is 0. The first-order valence-corrected chi connectivity index (χ1v) is 4.89. The van der Waals surface area contributed by atoms with Crippen molar-refractivity contribution in [2.75, 3.05) is 0 Å². The van der Waals surface area contributed by atoms with Crippen LogP contribution in [-0.2, 0) is 0 Å². The number of furan rings is 1. The minimum atomic E-state index is -0.248. The van der Waals surface area contributed by atoms with Crippen LogP contribution in [0, 0.1) is 5.82 Å². The van der Waals surface area contributed by atoms with Crippen molar-refractivity contribution < 1.29 is 8.81 Å². The second-order valence-electron chi connectivity index (χ2n) is 3.64. The van der Waals surface area contributed by atoms with Crippen molar-refractivity contribution in [1.29, 1.82) is 0 Å². The Labute approximate surface area is 82.5 Å². The molecule has 0 spiro atoms. The van der Waals surface area contributed by atoms with Gasteiger partial charge in [0.05, 0.1) is 6.26 Å². The molecule has 2 aromatic rings. The Kier molecular flexibility index (Phi) is 2.28. The Bertz CT molecular complexity index is 445. The normalized spacial score (nSPS) is 13.4. The van der Waals surface area contributed by atoms with Crippen LogP contribution >= 0.6 is 0 Å². The van der Waals surface area contributed by atoms with Gasteiger partial charge < -0.3 is 4.42 Å². The Balaban J connectivity index is 2.58. The van der Waals surface area contributed by atoms with E-state index in [0.29, 0.717) is 11.5 Å². The maximum Gasteiger partial charge on any atom is 0.137 e. The molecular formula is C12H13FO. The van der Waals surface area contributed by atoms with E-state index >= 15 is 0 Å². The first-order valence-electron chi connectivity index (χ1n) is 4.89. The third-order valence-corrected chi connectivity index (χ3v) is 2.71. The molecule has 1 aromatic heterocycles. The summed E-state index contributed by atoms with van der Waals surface area (Å²) < 4.78 is 18.2. The summed E-state index contributed by atoms with van der Waals surface area (Å²) in [7, 11) is 0. The summed E-state index contributed by atoms with van der Waals surface area (Å²) >= 11 is 0. The predicted molar refractivity (Wildman–Crippen MR) is 54.9 cm³/mol. The third kappa shape index (κ3) is 1.41. The molecule has 0 aliphatic heterocycles. The molecule has 1 heterocycles. The van der Waals surface area contributed by atoms with Crippen molar-refractivity contribution in [3.05, 3.63) is 35.8 Å². The molecule has 1 nitrogen and oxygen atoms in total. The van der Waals surface area contributed by atoms with Crippen LogP contribution in [-0.4, -0.2) is 0 Å². The van der Waals surface area contributed by atoms with Gasteiger partial charge in [-0.15, -0.1) is 0 Å². The van der Waals surface area contributed by atoms with Gasteiger partial charge in [-0.2, -0.15) is 0 Å². The SMILES string of the molecule is CCC(C)c1coc2cc(F)ccc12. The van der Waals surface area contributed by atoms with E-state index in [1.165, 1.54) is 17.7 Å². The quantitative estimate of drug-likeness (QED) is 0.698. The molecule has 0 radical (unpaired) electrons. The summed E-state index contributed by atoms with van der Waals surface area (Å²) in [6.07, 6.45) is 2.80. The zero-order valence-corrected chi connectivity index (χ0v) is 8.38. The minimum Gasteiger partial charge on any atom is -0.464 e. The molecule has 0 bridgehead atoms. The lowest BCUT2D eigenvalue weighted by molar-refractivity contribution is 0.590. The standard InChI is InChI=1S/C12H13FO/c1-3-8(2)11-7-14-12-6-9(13)4-5-10(11)12/h4-8H,3H2,1-2H3. The van der Waals surface area contributed by atoms with Crippen LogP contribution < -0.4 is 0 Å².